The largest absolute Gasteiger partial charge is 0.389 e. The molecule has 0 aromatic rings. The summed E-state index contributed by atoms with van der Waals surface area (Å²) < 4.78 is 0. The van der Waals surface area contributed by atoms with Crippen molar-refractivity contribution in [3.05, 3.63) is 0 Å². The molecule has 0 radical (unpaired) electrons. The molecule has 0 aromatic carbocycles. The summed E-state index contributed by atoms with van der Waals surface area (Å²) in [4.78, 5) is 5.06. The van der Waals surface area contributed by atoms with Gasteiger partial charge in [0.25, 0.3) is 0 Å². The van der Waals surface area contributed by atoms with Gasteiger partial charge in [-0.15, -0.1) is 0 Å². The lowest BCUT2D eigenvalue weighted by Gasteiger charge is -2.44. The fraction of sp³-hybridized carbons (Fsp3) is 1.00. The van der Waals surface area contributed by atoms with E-state index in [-0.39, 0.29) is 0 Å². The van der Waals surface area contributed by atoms with Crippen LogP contribution in [0.3, 0.4) is 0 Å². The Kier molecular flexibility index (Phi) is 6.06. The fourth-order valence-corrected chi connectivity index (χ4v) is 4.19. The summed E-state index contributed by atoms with van der Waals surface area (Å²) in [6.07, 6.45) is 7.00. The Morgan fingerprint density at radius 1 is 1.00 bits per heavy atom. The van der Waals surface area contributed by atoms with E-state index in [1.54, 1.807) is 0 Å². The SMILES string of the molecule is CNCC1(CN2CCN(CC(C)(C)O)CC2)CCCCC1. The standard InChI is InChI=1S/C17H35N3O/c1-16(2,21)14-19-9-11-20(12-10-19)15-17(13-18-3)7-5-4-6-8-17/h18,21H,4-15H2,1-3H3. The van der Waals surface area contributed by atoms with Gasteiger partial charge in [0.05, 0.1) is 5.60 Å². The lowest BCUT2D eigenvalue weighted by Crippen LogP contribution is -2.54. The van der Waals surface area contributed by atoms with E-state index < -0.39 is 5.60 Å². The van der Waals surface area contributed by atoms with E-state index in [2.05, 4.69) is 22.2 Å². The van der Waals surface area contributed by atoms with Gasteiger partial charge in [-0.1, -0.05) is 19.3 Å². The van der Waals surface area contributed by atoms with Crippen molar-refractivity contribution in [1.82, 2.24) is 15.1 Å². The maximum absolute atomic E-state index is 9.94. The number of hydrogen-bond donors (Lipinski definition) is 2. The number of nitrogens with one attached hydrogen (secondary N) is 1. The quantitative estimate of drug-likeness (QED) is 0.780. The van der Waals surface area contributed by atoms with Gasteiger partial charge < -0.3 is 15.3 Å². The molecule has 1 aliphatic carbocycles. The van der Waals surface area contributed by atoms with Crippen LogP contribution in [0.4, 0.5) is 0 Å². The van der Waals surface area contributed by atoms with Crippen LogP contribution in [-0.2, 0) is 0 Å². The van der Waals surface area contributed by atoms with Gasteiger partial charge in [-0.25, -0.2) is 0 Å². The van der Waals surface area contributed by atoms with Crippen LogP contribution in [0.5, 0.6) is 0 Å². The number of hydrogen-bond acceptors (Lipinski definition) is 4. The maximum Gasteiger partial charge on any atom is 0.0718 e. The average Bonchev–Trinajstić information content (AvgIpc) is 2.41. The van der Waals surface area contributed by atoms with Crippen LogP contribution in [0.15, 0.2) is 0 Å². The van der Waals surface area contributed by atoms with Crippen LogP contribution in [0.1, 0.15) is 46.0 Å². The molecule has 4 nitrogen and oxygen atoms in total. The van der Waals surface area contributed by atoms with E-state index in [9.17, 15) is 5.11 Å². The van der Waals surface area contributed by atoms with Crippen molar-refractivity contribution in [2.24, 2.45) is 5.41 Å². The monoisotopic (exact) mass is 297 g/mol. The van der Waals surface area contributed by atoms with Crippen LogP contribution in [0.2, 0.25) is 0 Å². The first kappa shape index (κ1) is 17.2. The molecule has 0 atom stereocenters. The Balaban J connectivity index is 1.81. The molecule has 1 saturated carbocycles. The van der Waals surface area contributed by atoms with Gasteiger partial charge in [-0.3, -0.25) is 4.90 Å². The topological polar surface area (TPSA) is 38.7 Å². The Hall–Kier alpha value is -0.160. The molecule has 2 N–H and O–H groups in total. The second-order valence-electron chi connectivity index (χ2n) is 7.96. The zero-order valence-corrected chi connectivity index (χ0v) is 14.3. The molecule has 124 valence electrons. The molecule has 2 fully saturated rings. The molecule has 0 amide bonds. The van der Waals surface area contributed by atoms with Gasteiger partial charge in [0, 0.05) is 45.8 Å². The third-order valence-corrected chi connectivity index (χ3v) is 5.10. The third kappa shape index (κ3) is 5.51. The minimum atomic E-state index is -0.571. The van der Waals surface area contributed by atoms with Crippen molar-refractivity contribution in [1.29, 1.82) is 0 Å². The zero-order chi connectivity index (χ0) is 15.3. The van der Waals surface area contributed by atoms with Gasteiger partial charge in [-0.2, -0.15) is 0 Å². The van der Waals surface area contributed by atoms with Crippen molar-refractivity contribution < 1.29 is 5.11 Å². The van der Waals surface area contributed by atoms with Crippen LogP contribution in [0.25, 0.3) is 0 Å². The van der Waals surface area contributed by atoms with Gasteiger partial charge >= 0.3 is 0 Å². The molecule has 1 heterocycles. The summed E-state index contributed by atoms with van der Waals surface area (Å²) in [6, 6.07) is 0. The van der Waals surface area contributed by atoms with Crippen molar-refractivity contribution in [3.8, 4) is 0 Å². The molecule has 2 rings (SSSR count). The van der Waals surface area contributed by atoms with E-state index in [0.717, 1.165) is 39.3 Å². The lowest BCUT2D eigenvalue weighted by atomic mass is 9.73. The molecule has 0 unspecified atom stereocenters. The first-order valence-electron chi connectivity index (χ1n) is 8.74. The molecule has 21 heavy (non-hydrogen) atoms. The van der Waals surface area contributed by atoms with E-state index in [1.807, 2.05) is 13.8 Å². The van der Waals surface area contributed by atoms with E-state index in [0.29, 0.717) is 5.41 Å². The third-order valence-electron chi connectivity index (χ3n) is 5.10. The minimum absolute atomic E-state index is 0.505. The Morgan fingerprint density at radius 3 is 2.10 bits per heavy atom. The number of rotatable bonds is 6. The van der Waals surface area contributed by atoms with Gasteiger partial charge in [0.2, 0.25) is 0 Å². The van der Waals surface area contributed by atoms with Crippen LogP contribution in [0, 0.1) is 5.41 Å². The highest BCUT2D eigenvalue weighted by atomic mass is 16.3. The maximum atomic E-state index is 9.94. The average molecular weight is 297 g/mol. The number of aliphatic hydroxyl groups is 1. The first-order valence-corrected chi connectivity index (χ1v) is 8.74. The molecule has 0 spiro atoms. The van der Waals surface area contributed by atoms with Crippen molar-refractivity contribution in [3.63, 3.8) is 0 Å². The Labute approximate surface area is 130 Å². The molecule has 2 aliphatic rings. The summed E-state index contributed by atoms with van der Waals surface area (Å²) in [7, 11) is 2.09. The van der Waals surface area contributed by atoms with E-state index >= 15 is 0 Å². The number of piperazine rings is 1. The van der Waals surface area contributed by atoms with E-state index in [4.69, 9.17) is 0 Å². The van der Waals surface area contributed by atoms with Gasteiger partial charge in [0.15, 0.2) is 0 Å². The molecule has 0 bridgehead atoms. The van der Waals surface area contributed by atoms with Crippen molar-refractivity contribution >= 4 is 0 Å². The smallest absolute Gasteiger partial charge is 0.0718 e. The van der Waals surface area contributed by atoms with E-state index in [1.165, 1.54) is 38.6 Å². The highest BCUT2D eigenvalue weighted by Gasteiger charge is 2.34. The number of nitrogens with zero attached hydrogens (tertiary/aromatic N) is 2. The van der Waals surface area contributed by atoms with Crippen LogP contribution in [-0.4, -0.2) is 73.4 Å². The molecular formula is C17H35N3O. The Morgan fingerprint density at radius 2 is 1.57 bits per heavy atom. The minimum Gasteiger partial charge on any atom is -0.389 e. The van der Waals surface area contributed by atoms with Crippen LogP contribution >= 0.6 is 0 Å². The molecule has 0 aromatic heterocycles. The fourth-order valence-electron chi connectivity index (χ4n) is 4.19. The summed E-state index contributed by atoms with van der Waals surface area (Å²) in [5.41, 5.74) is -0.0652. The number of β-amino-alcohol motifs (C(OH)–C–C–N with tert-alkyl or cyclic N) is 1. The Bertz CT molecular complexity index is 294. The molecular weight excluding hydrogens is 262 g/mol. The molecule has 4 heteroatoms. The predicted octanol–water partition coefficient (Wildman–Crippen LogP) is 1.54. The van der Waals surface area contributed by atoms with Gasteiger partial charge in [-0.05, 0) is 39.2 Å². The second-order valence-corrected chi connectivity index (χ2v) is 7.96. The van der Waals surface area contributed by atoms with Gasteiger partial charge in [0.1, 0.15) is 0 Å². The summed E-state index contributed by atoms with van der Waals surface area (Å²) in [6.45, 7) is 11.5. The summed E-state index contributed by atoms with van der Waals surface area (Å²) >= 11 is 0. The summed E-state index contributed by atoms with van der Waals surface area (Å²) in [5, 5.41) is 13.4. The van der Waals surface area contributed by atoms with Crippen molar-refractivity contribution in [2.45, 2.75) is 51.6 Å². The summed E-state index contributed by atoms with van der Waals surface area (Å²) in [5.74, 6) is 0. The molecule has 1 saturated heterocycles. The van der Waals surface area contributed by atoms with Crippen molar-refractivity contribution in [2.75, 3.05) is 52.9 Å². The predicted molar refractivity (Wildman–Crippen MR) is 88.6 cm³/mol. The highest BCUT2D eigenvalue weighted by molar-refractivity contribution is 4.89. The zero-order valence-electron chi connectivity index (χ0n) is 14.3. The first-order chi connectivity index (χ1) is 9.92. The molecule has 1 aliphatic heterocycles. The second kappa shape index (κ2) is 7.40. The lowest BCUT2D eigenvalue weighted by molar-refractivity contribution is 0.00710. The van der Waals surface area contributed by atoms with Crippen LogP contribution < -0.4 is 5.32 Å². The highest BCUT2D eigenvalue weighted by Crippen LogP contribution is 2.36. The normalized spacial score (nSPS) is 25.1.